The summed E-state index contributed by atoms with van der Waals surface area (Å²) < 4.78 is 13.2. The van der Waals surface area contributed by atoms with Crippen molar-refractivity contribution in [2.45, 2.75) is 12.5 Å². The van der Waals surface area contributed by atoms with Crippen LogP contribution in [0, 0.1) is 5.82 Å². The fourth-order valence-electron chi connectivity index (χ4n) is 2.82. The van der Waals surface area contributed by atoms with Gasteiger partial charge in [-0.15, -0.1) is 0 Å². The second kappa shape index (κ2) is 6.46. The molecule has 21 heavy (non-hydrogen) atoms. The molecule has 2 aromatic rings. The van der Waals surface area contributed by atoms with E-state index in [9.17, 15) is 4.39 Å². The van der Waals surface area contributed by atoms with E-state index >= 15 is 0 Å². The van der Waals surface area contributed by atoms with Crippen LogP contribution in [0.15, 0.2) is 48.5 Å². The highest BCUT2D eigenvalue weighted by Gasteiger charge is 2.21. The molecule has 1 N–H and O–H groups in total. The fraction of sp³-hybridized carbons (Fsp3) is 0.294. The van der Waals surface area contributed by atoms with Crippen molar-refractivity contribution in [3.8, 4) is 0 Å². The molecule has 1 aliphatic rings. The molecule has 1 heterocycles. The number of hydrogen-bond acceptors (Lipinski definition) is 2. The molecule has 3 rings (SSSR count). The van der Waals surface area contributed by atoms with Gasteiger partial charge in [-0.05, 0) is 30.2 Å². The SMILES string of the molecule is Fc1ccc(N2CCNC(Cc3ccccc3)C2)c(Cl)c1. The first-order valence-corrected chi connectivity index (χ1v) is 7.57. The van der Waals surface area contributed by atoms with Crippen molar-refractivity contribution in [1.29, 1.82) is 0 Å². The van der Waals surface area contributed by atoms with Gasteiger partial charge in [0, 0.05) is 25.7 Å². The van der Waals surface area contributed by atoms with E-state index < -0.39 is 0 Å². The van der Waals surface area contributed by atoms with Crippen molar-refractivity contribution < 1.29 is 4.39 Å². The third-order valence-electron chi connectivity index (χ3n) is 3.83. The van der Waals surface area contributed by atoms with Gasteiger partial charge >= 0.3 is 0 Å². The summed E-state index contributed by atoms with van der Waals surface area (Å²) in [5, 5.41) is 4.02. The molecule has 1 atom stereocenters. The summed E-state index contributed by atoms with van der Waals surface area (Å²) >= 11 is 6.17. The van der Waals surface area contributed by atoms with Gasteiger partial charge < -0.3 is 10.2 Å². The molecule has 0 saturated carbocycles. The lowest BCUT2D eigenvalue weighted by molar-refractivity contribution is 0.454. The molecule has 110 valence electrons. The smallest absolute Gasteiger partial charge is 0.124 e. The number of anilines is 1. The highest BCUT2D eigenvalue weighted by atomic mass is 35.5. The summed E-state index contributed by atoms with van der Waals surface area (Å²) in [6.07, 6.45) is 0.982. The lowest BCUT2D eigenvalue weighted by Crippen LogP contribution is -2.51. The Kier molecular flexibility index (Phi) is 4.42. The maximum absolute atomic E-state index is 13.2. The number of benzene rings is 2. The van der Waals surface area contributed by atoms with Crippen LogP contribution in [0.3, 0.4) is 0 Å². The van der Waals surface area contributed by atoms with Crippen LogP contribution in [0.2, 0.25) is 5.02 Å². The number of hydrogen-bond donors (Lipinski definition) is 1. The van der Waals surface area contributed by atoms with Crippen molar-refractivity contribution in [2.75, 3.05) is 24.5 Å². The number of piperazine rings is 1. The van der Waals surface area contributed by atoms with Gasteiger partial charge in [-0.2, -0.15) is 0 Å². The van der Waals surface area contributed by atoms with E-state index in [2.05, 4.69) is 34.5 Å². The summed E-state index contributed by atoms with van der Waals surface area (Å²) in [6, 6.07) is 15.4. The monoisotopic (exact) mass is 304 g/mol. The largest absolute Gasteiger partial charge is 0.367 e. The molecule has 2 nitrogen and oxygen atoms in total. The average molecular weight is 305 g/mol. The van der Waals surface area contributed by atoms with Crippen LogP contribution in [0.25, 0.3) is 0 Å². The van der Waals surface area contributed by atoms with Crippen molar-refractivity contribution in [3.05, 3.63) is 64.9 Å². The third-order valence-corrected chi connectivity index (χ3v) is 4.13. The maximum atomic E-state index is 13.2. The number of nitrogens with zero attached hydrogens (tertiary/aromatic N) is 1. The summed E-state index contributed by atoms with van der Waals surface area (Å²) in [5.41, 5.74) is 2.24. The molecule has 0 amide bonds. The van der Waals surface area contributed by atoms with Crippen LogP contribution < -0.4 is 10.2 Å². The van der Waals surface area contributed by atoms with Crippen LogP contribution in [0.4, 0.5) is 10.1 Å². The summed E-state index contributed by atoms with van der Waals surface area (Å²) in [6.45, 7) is 2.67. The minimum atomic E-state index is -0.292. The first kappa shape index (κ1) is 14.4. The van der Waals surface area contributed by atoms with E-state index in [4.69, 9.17) is 11.6 Å². The fourth-order valence-corrected chi connectivity index (χ4v) is 3.10. The van der Waals surface area contributed by atoms with Crippen molar-refractivity contribution >= 4 is 17.3 Å². The zero-order chi connectivity index (χ0) is 14.7. The molecule has 1 aliphatic heterocycles. The lowest BCUT2D eigenvalue weighted by Gasteiger charge is -2.36. The van der Waals surface area contributed by atoms with Crippen molar-refractivity contribution in [1.82, 2.24) is 5.32 Å². The van der Waals surface area contributed by atoms with Gasteiger partial charge in [-0.25, -0.2) is 4.39 Å². The molecule has 1 fully saturated rings. The highest BCUT2D eigenvalue weighted by molar-refractivity contribution is 6.33. The Morgan fingerprint density at radius 1 is 1.19 bits per heavy atom. The average Bonchev–Trinajstić information content (AvgIpc) is 2.48. The zero-order valence-electron chi connectivity index (χ0n) is 11.7. The second-order valence-corrected chi connectivity index (χ2v) is 5.79. The molecule has 1 unspecified atom stereocenters. The molecular formula is C17H18ClFN2. The Labute approximate surface area is 129 Å². The lowest BCUT2D eigenvalue weighted by atomic mass is 10.0. The molecule has 1 saturated heterocycles. The Bertz CT molecular complexity index is 603. The van der Waals surface area contributed by atoms with Gasteiger partial charge in [-0.1, -0.05) is 41.9 Å². The molecular weight excluding hydrogens is 287 g/mol. The minimum absolute atomic E-state index is 0.292. The predicted octanol–water partition coefficient (Wildman–Crippen LogP) is 3.50. The van der Waals surface area contributed by atoms with E-state index in [-0.39, 0.29) is 5.82 Å². The summed E-state index contributed by atoms with van der Waals surface area (Å²) in [7, 11) is 0. The first-order chi connectivity index (χ1) is 10.2. The van der Waals surface area contributed by atoms with Crippen LogP contribution in [-0.2, 0) is 6.42 Å². The zero-order valence-corrected chi connectivity index (χ0v) is 12.5. The van der Waals surface area contributed by atoms with Gasteiger partial charge in [-0.3, -0.25) is 0 Å². The van der Waals surface area contributed by atoms with Gasteiger partial charge in [0.25, 0.3) is 0 Å². The Hall–Kier alpha value is -1.58. The molecule has 0 spiro atoms. The van der Waals surface area contributed by atoms with Crippen LogP contribution in [0.1, 0.15) is 5.56 Å². The summed E-state index contributed by atoms with van der Waals surface area (Å²) in [4.78, 5) is 2.23. The quantitative estimate of drug-likeness (QED) is 0.933. The molecule has 4 heteroatoms. The normalized spacial score (nSPS) is 18.8. The van der Waals surface area contributed by atoms with E-state index in [0.29, 0.717) is 11.1 Å². The van der Waals surface area contributed by atoms with E-state index in [1.54, 1.807) is 6.07 Å². The van der Waals surface area contributed by atoms with Crippen LogP contribution in [-0.4, -0.2) is 25.7 Å². The molecule has 0 bridgehead atoms. The van der Waals surface area contributed by atoms with Crippen LogP contribution >= 0.6 is 11.6 Å². The van der Waals surface area contributed by atoms with E-state index in [1.165, 1.54) is 17.7 Å². The van der Waals surface area contributed by atoms with Gasteiger partial charge in [0.1, 0.15) is 5.82 Å². The molecule has 0 aliphatic carbocycles. The van der Waals surface area contributed by atoms with Gasteiger partial charge in [0.2, 0.25) is 0 Å². The van der Waals surface area contributed by atoms with Crippen molar-refractivity contribution in [3.63, 3.8) is 0 Å². The standard InChI is InChI=1S/C17H18ClFN2/c18-16-11-14(19)6-7-17(16)21-9-8-20-15(12-21)10-13-4-2-1-3-5-13/h1-7,11,15,20H,8-10,12H2. The topological polar surface area (TPSA) is 15.3 Å². The summed E-state index contributed by atoms with van der Waals surface area (Å²) in [5.74, 6) is -0.292. The Morgan fingerprint density at radius 2 is 2.00 bits per heavy atom. The third kappa shape index (κ3) is 3.55. The number of halogens is 2. The second-order valence-electron chi connectivity index (χ2n) is 5.38. The molecule has 0 radical (unpaired) electrons. The Morgan fingerprint density at radius 3 is 2.76 bits per heavy atom. The first-order valence-electron chi connectivity index (χ1n) is 7.20. The van der Waals surface area contributed by atoms with E-state index in [1.807, 2.05) is 6.07 Å². The predicted molar refractivity (Wildman–Crippen MR) is 85.6 cm³/mol. The maximum Gasteiger partial charge on any atom is 0.124 e. The molecule has 2 aromatic carbocycles. The van der Waals surface area contributed by atoms with Gasteiger partial charge in [0.15, 0.2) is 0 Å². The Balaban J connectivity index is 1.71. The van der Waals surface area contributed by atoms with Crippen molar-refractivity contribution in [2.24, 2.45) is 0 Å². The number of nitrogens with one attached hydrogen (secondary N) is 1. The highest BCUT2D eigenvalue weighted by Crippen LogP contribution is 2.27. The molecule has 0 aromatic heterocycles. The van der Waals surface area contributed by atoms with E-state index in [0.717, 1.165) is 31.7 Å². The van der Waals surface area contributed by atoms with Crippen LogP contribution in [0.5, 0.6) is 0 Å². The number of rotatable bonds is 3. The van der Waals surface area contributed by atoms with Gasteiger partial charge in [0.05, 0.1) is 10.7 Å². The minimum Gasteiger partial charge on any atom is -0.367 e.